The van der Waals surface area contributed by atoms with E-state index in [0.29, 0.717) is 10.9 Å². The van der Waals surface area contributed by atoms with Crippen LogP contribution in [-0.2, 0) is 11.3 Å². The smallest absolute Gasteiger partial charge is 0.267 e. The molecule has 0 bridgehead atoms. The zero-order valence-electron chi connectivity index (χ0n) is 17.4. The van der Waals surface area contributed by atoms with Gasteiger partial charge in [0.15, 0.2) is 5.13 Å². The van der Waals surface area contributed by atoms with Crippen molar-refractivity contribution in [3.05, 3.63) is 57.8 Å². The topological polar surface area (TPSA) is 92.6 Å². The highest BCUT2D eigenvalue weighted by molar-refractivity contribution is 7.13. The van der Waals surface area contributed by atoms with Crippen molar-refractivity contribution >= 4 is 33.9 Å². The van der Waals surface area contributed by atoms with Gasteiger partial charge < -0.3 is 19.9 Å². The van der Waals surface area contributed by atoms with Gasteiger partial charge in [-0.25, -0.2) is 9.67 Å². The highest BCUT2D eigenvalue weighted by Gasteiger charge is 2.19. The van der Waals surface area contributed by atoms with Gasteiger partial charge in [0.1, 0.15) is 18.1 Å². The average Bonchev–Trinajstić information content (AvgIpc) is 3.20. The number of aryl methyl sites for hydroxylation is 1. The van der Waals surface area contributed by atoms with E-state index in [4.69, 9.17) is 4.74 Å². The largest absolute Gasteiger partial charge is 0.497 e. The van der Waals surface area contributed by atoms with Crippen molar-refractivity contribution in [3.8, 4) is 5.75 Å². The second-order valence-electron chi connectivity index (χ2n) is 7.20. The van der Waals surface area contributed by atoms with Gasteiger partial charge in [0, 0.05) is 43.3 Å². The lowest BCUT2D eigenvalue weighted by molar-refractivity contribution is -0.117. The Balaban J connectivity index is 1.39. The third-order valence-corrected chi connectivity index (χ3v) is 5.93. The van der Waals surface area contributed by atoms with Crippen LogP contribution in [0.3, 0.4) is 0 Å². The van der Waals surface area contributed by atoms with Crippen LogP contribution in [0.1, 0.15) is 5.69 Å². The summed E-state index contributed by atoms with van der Waals surface area (Å²) in [7, 11) is 1.66. The molecular weight excluding hydrogens is 416 g/mol. The van der Waals surface area contributed by atoms with Gasteiger partial charge in [-0.3, -0.25) is 9.59 Å². The maximum Gasteiger partial charge on any atom is 0.267 e. The highest BCUT2D eigenvalue weighted by Crippen LogP contribution is 2.22. The Bertz CT molecular complexity index is 1100. The van der Waals surface area contributed by atoms with E-state index in [0.717, 1.165) is 43.3 Å². The molecule has 0 saturated carbocycles. The molecule has 0 spiro atoms. The normalized spacial score (nSPS) is 13.9. The van der Waals surface area contributed by atoms with Gasteiger partial charge >= 0.3 is 0 Å². The van der Waals surface area contributed by atoms with E-state index in [1.54, 1.807) is 13.2 Å². The Kier molecular flexibility index (Phi) is 6.17. The predicted octanol–water partition coefficient (Wildman–Crippen LogP) is 1.98. The summed E-state index contributed by atoms with van der Waals surface area (Å²) in [6.45, 7) is 4.89. The monoisotopic (exact) mass is 440 g/mol. The molecule has 4 rings (SSSR count). The first-order valence-corrected chi connectivity index (χ1v) is 10.8. The fourth-order valence-corrected chi connectivity index (χ4v) is 4.12. The Morgan fingerprint density at radius 2 is 1.81 bits per heavy atom. The van der Waals surface area contributed by atoms with Crippen LogP contribution in [0.25, 0.3) is 0 Å². The van der Waals surface area contributed by atoms with Gasteiger partial charge in [0.2, 0.25) is 5.91 Å². The summed E-state index contributed by atoms with van der Waals surface area (Å²) < 4.78 is 6.42. The molecule has 10 heteroatoms. The number of hydrogen-bond donors (Lipinski definition) is 1. The Labute approximate surface area is 183 Å². The number of hydrogen-bond acceptors (Lipinski definition) is 8. The molecule has 162 valence electrons. The van der Waals surface area contributed by atoms with Gasteiger partial charge in [-0.05, 0) is 37.3 Å². The second-order valence-corrected chi connectivity index (χ2v) is 8.06. The molecular formula is C21H24N6O3S. The summed E-state index contributed by atoms with van der Waals surface area (Å²) in [6, 6.07) is 11.2. The van der Waals surface area contributed by atoms with Crippen molar-refractivity contribution < 1.29 is 9.53 Å². The third kappa shape index (κ3) is 5.02. The molecule has 0 aliphatic carbocycles. The number of methoxy groups -OCH3 is 1. The fraction of sp³-hybridized carbons (Fsp3) is 0.333. The Hall–Kier alpha value is -3.40. The average molecular weight is 441 g/mol. The summed E-state index contributed by atoms with van der Waals surface area (Å²) in [5, 5.41) is 9.50. The molecule has 2 aromatic heterocycles. The first kappa shape index (κ1) is 20.9. The number of amides is 1. The lowest BCUT2D eigenvalue weighted by Crippen LogP contribution is -2.47. The van der Waals surface area contributed by atoms with Crippen molar-refractivity contribution in [2.75, 3.05) is 48.4 Å². The maximum atomic E-state index is 12.3. The summed E-state index contributed by atoms with van der Waals surface area (Å²) in [5.74, 6) is 1.19. The number of benzene rings is 1. The summed E-state index contributed by atoms with van der Waals surface area (Å²) in [5.41, 5.74) is 1.67. The van der Waals surface area contributed by atoms with E-state index in [-0.39, 0.29) is 18.0 Å². The predicted molar refractivity (Wildman–Crippen MR) is 121 cm³/mol. The Morgan fingerprint density at radius 3 is 2.45 bits per heavy atom. The van der Waals surface area contributed by atoms with E-state index in [9.17, 15) is 9.59 Å². The number of carbonyl (C=O) groups excluding carboxylic acids is 1. The van der Waals surface area contributed by atoms with E-state index in [1.807, 2.05) is 24.4 Å². The number of ether oxygens (including phenoxy) is 1. The van der Waals surface area contributed by atoms with E-state index in [2.05, 4.69) is 37.3 Å². The van der Waals surface area contributed by atoms with Crippen LogP contribution < -0.4 is 25.4 Å². The summed E-state index contributed by atoms with van der Waals surface area (Å²) in [6.07, 6.45) is 0. The van der Waals surface area contributed by atoms with Gasteiger partial charge in [-0.1, -0.05) is 0 Å². The number of piperazine rings is 1. The van der Waals surface area contributed by atoms with Gasteiger partial charge in [-0.2, -0.15) is 5.10 Å². The molecule has 1 amide bonds. The van der Waals surface area contributed by atoms with Gasteiger partial charge in [0.25, 0.3) is 5.56 Å². The lowest BCUT2D eigenvalue weighted by Gasteiger charge is -2.36. The number of nitrogens with zero attached hydrogens (tertiary/aromatic N) is 5. The number of thiazole rings is 1. The van der Waals surface area contributed by atoms with Crippen molar-refractivity contribution in [1.29, 1.82) is 0 Å². The molecule has 3 heterocycles. The van der Waals surface area contributed by atoms with Crippen LogP contribution in [0.15, 0.2) is 46.6 Å². The van der Waals surface area contributed by atoms with Gasteiger partial charge in [-0.15, -0.1) is 11.3 Å². The molecule has 1 aliphatic rings. The third-order valence-electron chi connectivity index (χ3n) is 5.05. The van der Waals surface area contributed by atoms with Crippen molar-refractivity contribution in [2.24, 2.45) is 0 Å². The molecule has 1 aliphatic heterocycles. The summed E-state index contributed by atoms with van der Waals surface area (Å²) in [4.78, 5) is 33.1. The SMILES string of the molecule is COc1ccc(N2CCN(c3ccc(=O)n(CC(=O)Nc4nc(C)cs4)n3)CC2)cc1. The molecule has 0 unspecified atom stereocenters. The van der Waals surface area contributed by atoms with Crippen LogP contribution in [0.2, 0.25) is 0 Å². The fourth-order valence-electron chi connectivity index (χ4n) is 3.41. The molecule has 31 heavy (non-hydrogen) atoms. The van der Waals surface area contributed by atoms with Crippen molar-refractivity contribution in [2.45, 2.75) is 13.5 Å². The highest BCUT2D eigenvalue weighted by atomic mass is 32.1. The molecule has 1 aromatic carbocycles. The van der Waals surface area contributed by atoms with Crippen LogP contribution >= 0.6 is 11.3 Å². The minimum Gasteiger partial charge on any atom is -0.497 e. The Morgan fingerprint density at radius 1 is 1.10 bits per heavy atom. The van der Waals surface area contributed by atoms with Crippen LogP contribution in [0.5, 0.6) is 5.75 Å². The van der Waals surface area contributed by atoms with Crippen molar-refractivity contribution in [1.82, 2.24) is 14.8 Å². The number of carbonyl (C=O) groups is 1. The summed E-state index contributed by atoms with van der Waals surface area (Å²) >= 11 is 1.35. The van der Waals surface area contributed by atoms with Crippen LogP contribution in [-0.4, -0.2) is 54.0 Å². The molecule has 0 atom stereocenters. The van der Waals surface area contributed by atoms with E-state index < -0.39 is 0 Å². The van der Waals surface area contributed by atoms with Crippen LogP contribution in [0, 0.1) is 6.92 Å². The molecule has 1 saturated heterocycles. The number of nitrogens with one attached hydrogen (secondary N) is 1. The molecule has 9 nitrogen and oxygen atoms in total. The number of rotatable bonds is 6. The van der Waals surface area contributed by atoms with Crippen LogP contribution in [0.4, 0.5) is 16.6 Å². The van der Waals surface area contributed by atoms with Gasteiger partial charge in [0.05, 0.1) is 12.8 Å². The second kappa shape index (κ2) is 9.17. The first-order valence-electron chi connectivity index (χ1n) is 9.96. The van der Waals surface area contributed by atoms with Crippen molar-refractivity contribution in [3.63, 3.8) is 0 Å². The maximum absolute atomic E-state index is 12.3. The lowest BCUT2D eigenvalue weighted by atomic mass is 10.2. The van der Waals surface area contributed by atoms with E-state index >= 15 is 0 Å². The quantitative estimate of drug-likeness (QED) is 0.627. The molecule has 0 radical (unpaired) electrons. The molecule has 3 aromatic rings. The zero-order valence-corrected chi connectivity index (χ0v) is 18.3. The standard InChI is InChI=1S/C21H24N6O3S/c1-15-14-31-21(22-15)23-19(28)13-27-20(29)8-7-18(24-27)26-11-9-25(10-12-26)16-3-5-17(30-2)6-4-16/h3-8,14H,9-13H2,1-2H3,(H,22,23,28). The number of anilines is 3. The zero-order chi connectivity index (χ0) is 21.8. The minimum atomic E-state index is -0.328. The molecule has 1 fully saturated rings. The van der Waals surface area contributed by atoms with E-state index in [1.165, 1.54) is 22.1 Å². The number of aromatic nitrogens is 3. The minimum absolute atomic E-state index is 0.156. The first-order chi connectivity index (χ1) is 15.0. The molecule has 1 N–H and O–H groups in total.